The van der Waals surface area contributed by atoms with Gasteiger partial charge in [-0.05, 0) is 67.0 Å². The van der Waals surface area contributed by atoms with E-state index >= 15 is 0 Å². The molecule has 0 unspecified atom stereocenters. The standard InChI is InChI=1S/C41H39ClO10/c1-45-31-24-33(46-2)37-34(25-31)52-39(28-22-35(47-3)40(49-5)36(23-28)48-4)41(38(37)44)51-21-9-8-20-50-32-11-7-6-10-27(32)15-19-30(43)18-14-26-12-16-29(42)17-13-26/h6-7,10-19,22-25H,8-9,20-21H2,1-5H3/b18-14+,19-15+. The third-order valence-electron chi connectivity index (χ3n) is 7.97. The number of unbranched alkanes of at least 4 members (excludes halogenated alkanes) is 1. The Morgan fingerprint density at radius 1 is 0.692 bits per heavy atom. The number of rotatable bonds is 17. The minimum atomic E-state index is -0.418. The van der Waals surface area contributed by atoms with Crippen molar-refractivity contribution >= 4 is 40.5 Å². The molecule has 52 heavy (non-hydrogen) atoms. The van der Waals surface area contributed by atoms with E-state index in [0.717, 1.165) is 11.1 Å². The van der Waals surface area contributed by atoms with Crippen LogP contribution in [0.25, 0.3) is 34.4 Å². The highest BCUT2D eigenvalue weighted by atomic mass is 35.5. The normalized spacial score (nSPS) is 11.2. The lowest BCUT2D eigenvalue weighted by molar-refractivity contribution is -0.110. The molecule has 5 aromatic rings. The molecule has 0 N–H and O–H groups in total. The van der Waals surface area contributed by atoms with Crippen LogP contribution in [0, 0.1) is 0 Å². The van der Waals surface area contributed by atoms with E-state index in [1.54, 1.807) is 48.6 Å². The highest BCUT2D eigenvalue weighted by Gasteiger charge is 2.24. The second-order valence-electron chi connectivity index (χ2n) is 11.3. The van der Waals surface area contributed by atoms with Crippen molar-refractivity contribution in [3.63, 3.8) is 0 Å². The van der Waals surface area contributed by atoms with E-state index < -0.39 is 5.43 Å². The summed E-state index contributed by atoms with van der Waals surface area (Å²) < 4.78 is 46.1. The van der Waals surface area contributed by atoms with Crippen molar-refractivity contribution in [2.24, 2.45) is 0 Å². The van der Waals surface area contributed by atoms with Crippen LogP contribution in [0.4, 0.5) is 0 Å². The van der Waals surface area contributed by atoms with Crippen LogP contribution >= 0.6 is 11.6 Å². The van der Waals surface area contributed by atoms with Gasteiger partial charge in [-0.25, -0.2) is 0 Å². The minimum absolute atomic E-state index is 0.00331. The van der Waals surface area contributed by atoms with Gasteiger partial charge in [-0.1, -0.05) is 48.0 Å². The number of carbonyl (C=O) groups excluding carboxylic acids is 1. The second kappa shape index (κ2) is 17.9. The summed E-state index contributed by atoms with van der Waals surface area (Å²) in [6.45, 7) is 0.559. The Balaban J connectivity index is 1.30. The molecule has 0 spiro atoms. The van der Waals surface area contributed by atoms with E-state index in [1.165, 1.54) is 47.7 Å². The molecule has 0 aliphatic rings. The quantitative estimate of drug-likeness (QED) is 0.0682. The molecule has 0 saturated heterocycles. The van der Waals surface area contributed by atoms with Gasteiger partial charge in [0.15, 0.2) is 23.0 Å². The third kappa shape index (κ3) is 8.88. The summed E-state index contributed by atoms with van der Waals surface area (Å²) in [5.41, 5.74) is 1.94. The van der Waals surface area contributed by atoms with E-state index in [2.05, 4.69) is 0 Å². The van der Waals surface area contributed by atoms with Gasteiger partial charge in [0.2, 0.25) is 16.9 Å². The van der Waals surface area contributed by atoms with E-state index in [9.17, 15) is 9.59 Å². The Labute approximate surface area is 306 Å². The molecule has 270 valence electrons. The van der Waals surface area contributed by atoms with Gasteiger partial charge < -0.3 is 37.6 Å². The molecule has 1 aromatic heterocycles. The summed E-state index contributed by atoms with van der Waals surface area (Å²) in [7, 11) is 7.49. The van der Waals surface area contributed by atoms with Crippen molar-refractivity contribution < 1.29 is 42.4 Å². The molecule has 0 amide bonds. The van der Waals surface area contributed by atoms with Gasteiger partial charge in [0.25, 0.3) is 0 Å². The van der Waals surface area contributed by atoms with Gasteiger partial charge in [-0.3, -0.25) is 9.59 Å². The number of ketones is 1. The molecule has 11 heteroatoms. The van der Waals surface area contributed by atoms with Crippen molar-refractivity contribution in [2.75, 3.05) is 48.8 Å². The largest absolute Gasteiger partial charge is 0.496 e. The number of ether oxygens (including phenoxy) is 7. The Bertz CT molecular complexity index is 2110. The number of para-hydroxylation sites is 1. The molecule has 0 radical (unpaired) electrons. The van der Waals surface area contributed by atoms with E-state index in [1.807, 2.05) is 36.4 Å². The van der Waals surface area contributed by atoms with E-state index in [4.69, 9.17) is 49.2 Å². The van der Waals surface area contributed by atoms with Crippen LogP contribution < -0.4 is 38.6 Å². The first-order valence-corrected chi connectivity index (χ1v) is 16.7. The van der Waals surface area contributed by atoms with E-state index in [-0.39, 0.29) is 40.6 Å². The van der Waals surface area contributed by atoms with Crippen molar-refractivity contribution in [3.8, 4) is 51.6 Å². The Morgan fingerprint density at radius 3 is 2.00 bits per heavy atom. The van der Waals surface area contributed by atoms with Crippen LogP contribution in [0.2, 0.25) is 5.02 Å². The number of hydrogen-bond acceptors (Lipinski definition) is 10. The molecule has 4 aromatic carbocycles. The second-order valence-corrected chi connectivity index (χ2v) is 11.7. The molecule has 1 heterocycles. The molecule has 5 rings (SSSR count). The summed E-state index contributed by atoms with van der Waals surface area (Å²) in [6.07, 6.45) is 7.61. The predicted octanol–water partition coefficient (Wildman–Crippen LogP) is 8.69. The zero-order valence-corrected chi connectivity index (χ0v) is 30.3. The predicted molar refractivity (Wildman–Crippen MR) is 202 cm³/mol. The number of fused-ring (bicyclic) bond motifs is 1. The monoisotopic (exact) mass is 726 g/mol. The lowest BCUT2D eigenvalue weighted by atomic mass is 10.1. The lowest BCUT2D eigenvalue weighted by Crippen LogP contribution is -2.13. The van der Waals surface area contributed by atoms with Crippen molar-refractivity contribution in [1.82, 2.24) is 0 Å². The third-order valence-corrected chi connectivity index (χ3v) is 8.22. The summed E-state index contributed by atoms with van der Waals surface area (Å²) in [5, 5.41) is 0.843. The molecular weight excluding hydrogens is 688 g/mol. The maximum atomic E-state index is 14.1. The smallest absolute Gasteiger partial charge is 0.239 e. The number of carbonyl (C=O) groups is 1. The van der Waals surface area contributed by atoms with Gasteiger partial charge in [0.1, 0.15) is 28.2 Å². The van der Waals surface area contributed by atoms with Crippen LogP contribution in [0.1, 0.15) is 24.0 Å². The van der Waals surface area contributed by atoms with Crippen LogP contribution in [0.15, 0.2) is 94.2 Å². The number of hydrogen-bond donors (Lipinski definition) is 0. The maximum Gasteiger partial charge on any atom is 0.239 e. The maximum absolute atomic E-state index is 14.1. The van der Waals surface area contributed by atoms with Crippen molar-refractivity contribution in [3.05, 3.63) is 111 Å². The molecular formula is C41H39ClO10. The van der Waals surface area contributed by atoms with E-state index in [0.29, 0.717) is 58.8 Å². The van der Waals surface area contributed by atoms with Crippen LogP contribution in [-0.4, -0.2) is 54.5 Å². The number of halogens is 1. The van der Waals surface area contributed by atoms with Crippen molar-refractivity contribution in [1.29, 1.82) is 0 Å². The van der Waals surface area contributed by atoms with Gasteiger partial charge in [-0.15, -0.1) is 0 Å². The zero-order chi connectivity index (χ0) is 37.0. The molecule has 10 nitrogen and oxygen atoms in total. The summed E-state index contributed by atoms with van der Waals surface area (Å²) in [6, 6.07) is 21.3. The SMILES string of the molecule is COc1cc(OC)c2c(=O)c(OCCCCOc3ccccc3/C=C/C(=O)/C=C/c3ccc(Cl)cc3)c(-c3cc(OC)c(OC)c(OC)c3)oc2c1. The average molecular weight is 727 g/mol. The van der Waals surface area contributed by atoms with Crippen molar-refractivity contribution in [2.45, 2.75) is 12.8 Å². The molecule has 0 fully saturated rings. The number of benzene rings is 4. The summed E-state index contributed by atoms with van der Waals surface area (Å²) in [5.74, 6) is 2.51. The molecule has 0 saturated carbocycles. The first kappa shape index (κ1) is 37.4. The summed E-state index contributed by atoms with van der Waals surface area (Å²) >= 11 is 5.93. The van der Waals surface area contributed by atoms with Gasteiger partial charge in [0, 0.05) is 28.3 Å². The topological polar surface area (TPSA) is 112 Å². The van der Waals surface area contributed by atoms with Gasteiger partial charge >= 0.3 is 0 Å². The summed E-state index contributed by atoms with van der Waals surface area (Å²) in [4.78, 5) is 26.5. The Kier molecular flexibility index (Phi) is 12.8. The number of allylic oxidation sites excluding steroid dienone is 2. The fourth-order valence-electron chi connectivity index (χ4n) is 5.35. The lowest BCUT2D eigenvalue weighted by Gasteiger charge is -2.17. The highest BCUT2D eigenvalue weighted by molar-refractivity contribution is 6.30. The van der Waals surface area contributed by atoms with Crippen LogP contribution in [-0.2, 0) is 4.79 Å². The fraction of sp³-hybridized carbons (Fsp3) is 0.220. The first-order valence-electron chi connectivity index (χ1n) is 16.3. The van der Waals surface area contributed by atoms with Crippen LogP contribution in [0.5, 0.6) is 40.2 Å². The first-order chi connectivity index (χ1) is 25.3. The van der Waals surface area contributed by atoms with Gasteiger partial charge in [0.05, 0.1) is 48.8 Å². The average Bonchev–Trinajstić information content (AvgIpc) is 3.17. The van der Waals surface area contributed by atoms with Crippen LogP contribution in [0.3, 0.4) is 0 Å². The van der Waals surface area contributed by atoms with Gasteiger partial charge in [-0.2, -0.15) is 0 Å². The molecule has 0 atom stereocenters. The highest BCUT2D eigenvalue weighted by Crippen LogP contribution is 2.44. The molecule has 0 aliphatic heterocycles. The zero-order valence-electron chi connectivity index (χ0n) is 29.5. The molecule has 0 aliphatic carbocycles. The Hall–Kier alpha value is -5.87. The minimum Gasteiger partial charge on any atom is -0.496 e. The fourth-order valence-corrected chi connectivity index (χ4v) is 5.47. The molecule has 0 bridgehead atoms. The Morgan fingerprint density at radius 2 is 1.35 bits per heavy atom. The number of methoxy groups -OCH3 is 5.